The van der Waals surface area contributed by atoms with Crippen molar-refractivity contribution in [1.29, 1.82) is 0 Å². The molecule has 0 radical (unpaired) electrons. The summed E-state index contributed by atoms with van der Waals surface area (Å²) in [6.45, 7) is 6.95. The Morgan fingerprint density at radius 2 is 1.54 bits per heavy atom. The van der Waals surface area contributed by atoms with Crippen LogP contribution in [0.2, 0.25) is 0 Å². The number of carbonyl (C=O) groups is 2. The first-order valence-corrected chi connectivity index (χ1v) is 14.9. The Balaban J connectivity index is 2.03. The van der Waals surface area contributed by atoms with Gasteiger partial charge in [-0.2, -0.15) is 0 Å². The summed E-state index contributed by atoms with van der Waals surface area (Å²) in [5.74, 6) is 0.260. The molecule has 3 aromatic carbocycles. The first-order chi connectivity index (χ1) is 19.5. The average molecular weight is 582 g/mol. The number of methoxy groups -OCH3 is 2. The maximum atomic E-state index is 14.0. The zero-order chi connectivity index (χ0) is 30.2. The third-order valence-corrected chi connectivity index (χ3v) is 8.69. The molecule has 41 heavy (non-hydrogen) atoms. The van der Waals surface area contributed by atoms with Crippen LogP contribution < -0.4 is 19.1 Å². The van der Waals surface area contributed by atoms with E-state index in [1.54, 1.807) is 68.6 Å². The molecule has 0 saturated heterocycles. The van der Waals surface area contributed by atoms with Crippen LogP contribution in [0.15, 0.2) is 77.7 Å². The maximum absolute atomic E-state index is 14.0. The van der Waals surface area contributed by atoms with E-state index in [9.17, 15) is 18.0 Å². The van der Waals surface area contributed by atoms with E-state index in [-0.39, 0.29) is 23.4 Å². The lowest BCUT2D eigenvalue weighted by Gasteiger charge is -2.32. The van der Waals surface area contributed by atoms with Crippen LogP contribution in [0, 0.1) is 6.92 Å². The fraction of sp³-hybridized carbons (Fsp3) is 0.355. The third-order valence-electron chi connectivity index (χ3n) is 6.90. The van der Waals surface area contributed by atoms with Crippen molar-refractivity contribution in [3.63, 3.8) is 0 Å². The SMILES string of the molecule is CC[C@H](C)NC(=O)[C@H](C)N(Cc1cccc(OC)c1)C(=O)CN(c1ccc(C)cc1)S(=O)(=O)c1ccc(OC)cc1. The van der Waals surface area contributed by atoms with Crippen LogP contribution in [0.4, 0.5) is 5.69 Å². The lowest BCUT2D eigenvalue weighted by molar-refractivity contribution is -0.139. The summed E-state index contributed by atoms with van der Waals surface area (Å²) in [7, 11) is -1.12. The summed E-state index contributed by atoms with van der Waals surface area (Å²) in [4.78, 5) is 28.6. The molecular weight excluding hydrogens is 542 g/mol. The largest absolute Gasteiger partial charge is 0.497 e. The number of aryl methyl sites for hydroxylation is 1. The highest BCUT2D eigenvalue weighted by Crippen LogP contribution is 2.26. The molecule has 0 aromatic heterocycles. The van der Waals surface area contributed by atoms with Crippen molar-refractivity contribution < 1.29 is 27.5 Å². The lowest BCUT2D eigenvalue weighted by atomic mass is 10.1. The van der Waals surface area contributed by atoms with Crippen LogP contribution in [-0.2, 0) is 26.2 Å². The topological polar surface area (TPSA) is 105 Å². The first-order valence-electron chi connectivity index (χ1n) is 13.5. The van der Waals surface area contributed by atoms with Gasteiger partial charge in [0.2, 0.25) is 11.8 Å². The molecule has 0 aliphatic rings. The smallest absolute Gasteiger partial charge is 0.264 e. The lowest BCUT2D eigenvalue weighted by Crippen LogP contribution is -2.52. The van der Waals surface area contributed by atoms with Crippen LogP contribution in [0.3, 0.4) is 0 Å². The first kappa shape index (κ1) is 31.5. The van der Waals surface area contributed by atoms with E-state index in [4.69, 9.17) is 9.47 Å². The van der Waals surface area contributed by atoms with E-state index in [2.05, 4.69) is 5.32 Å². The average Bonchev–Trinajstić information content (AvgIpc) is 2.98. The number of nitrogens with zero attached hydrogens (tertiary/aromatic N) is 2. The molecule has 0 aliphatic heterocycles. The summed E-state index contributed by atoms with van der Waals surface area (Å²) in [6, 6.07) is 19.1. The summed E-state index contributed by atoms with van der Waals surface area (Å²) < 4.78 is 39.4. The van der Waals surface area contributed by atoms with Gasteiger partial charge >= 0.3 is 0 Å². The van der Waals surface area contributed by atoms with Gasteiger partial charge in [0.1, 0.15) is 24.1 Å². The number of nitrogens with one attached hydrogen (secondary N) is 1. The Labute approximate surface area is 243 Å². The maximum Gasteiger partial charge on any atom is 0.264 e. The van der Waals surface area contributed by atoms with E-state index in [0.717, 1.165) is 21.9 Å². The van der Waals surface area contributed by atoms with E-state index >= 15 is 0 Å². The summed E-state index contributed by atoms with van der Waals surface area (Å²) in [6.07, 6.45) is 0.726. The molecule has 220 valence electrons. The summed E-state index contributed by atoms with van der Waals surface area (Å²) >= 11 is 0. The second-order valence-corrected chi connectivity index (χ2v) is 11.8. The second-order valence-electron chi connectivity index (χ2n) is 9.89. The molecule has 2 amide bonds. The number of hydrogen-bond acceptors (Lipinski definition) is 6. The van der Waals surface area contributed by atoms with E-state index < -0.39 is 28.5 Å². The van der Waals surface area contributed by atoms with Crippen LogP contribution in [0.1, 0.15) is 38.3 Å². The zero-order valence-electron chi connectivity index (χ0n) is 24.5. The molecule has 0 saturated carbocycles. The number of rotatable bonds is 13. The molecule has 3 rings (SSSR count). The van der Waals surface area contributed by atoms with Crippen LogP contribution in [0.25, 0.3) is 0 Å². The molecule has 0 unspecified atom stereocenters. The summed E-state index contributed by atoms with van der Waals surface area (Å²) in [5.41, 5.74) is 2.01. The van der Waals surface area contributed by atoms with E-state index in [1.165, 1.54) is 24.1 Å². The normalized spacial score (nSPS) is 12.6. The van der Waals surface area contributed by atoms with Crippen molar-refractivity contribution >= 4 is 27.5 Å². The number of anilines is 1. The molecule has 3 aromatic rings. The number of ether oxygens (including phenoxy) is 2. The Morgan fingerprint density at radius 3 is 2.12 bits per heavy atom. The van der Waals surface area contributed by atoms with Gasteiger partial charge in [-0.15, -0.1) is 0 Å². The fourth-order valence-electron chi connectivity index (χ4n) is 4.13. The highest BCUT2D eigenvalue weighted by atomic mass is 32.2. The molecule has 9 nitrogen and oxygen atoms in total. The molecular formula is C31H39N3O6S. The van der Waals surface area contributed by atoms with Crippen LogP contribution >= 0.6 is 0 Å². The van der Waals surface area contributed by atoms with Crippen LogP contribution in [0.5, 0.6) is 11.5 Å². The predicted octanol–water partition coefficient (Wildman–Crippen LogP) is 4.54. The van der Waals surface area contributed by atoms with Gasteiger partial charge in [0.05, 0.1) is 24.8 Å². The van der Waals surface area contributed by atoms with Crippen molar-refractivity contribution in [1.82, 2.24) is 10.2 Å². The number of benzene rings is 3. The standard InChI is InChI=1S/C31H39N3O6S/c1-7-23(3)32-31(36)24(4)33(20-25-9-8-10-28(19-25)40-6)30(35)21-34(26-13-11-22(2)12-14-26)41(37,38)29-17-15-27(39-5)16-18-29/h8-19,23-24H,7,20-21H2,1-6H3,(H,32,36)/t23-,24-/m0/s1. The second kappa shape index (κ2) is 14.0. The molecule has 0 heterocycles. The molecule has 0 fully saturated rings. The number of amides is 2. The Kier molecular flexibility index (Phi) is 10.8. The quantitative estimate of drug-likeness (QED) is 0.318. The molecule has 0 bridgehead atoms. The van der Waals surface area contributed by atoms with Gasteiger partial charge in [0.25, 0.3) is 10.0 Å². The number of carbonyl (C=O) groups excluding carboxylic acids is 2. The zero-order valence-corrected chi connectivity index (χ0v) is 25.3. The fourth-order valence-corrected chi connectivity index (χ4v) is 5.54. The van der Waals surface area contributed by atoms with Crippen molar-refractivity contribution in [3.8, 4) is 11.5 Å². The van der Waals surface area contributed by atoms with Gasteiger partial charge in [-0.3, -0.25) is 13.9 Å². The van der Waals surface area contributed by atoms with Gasteiger partial charge in [-0.05, 0) is 81.3 Å². The van der Waals surface area contributed by atoms with E-state index in [0.29, 0.717) is 17.2 Å². The Morgan fingerprint density at radius 1 is 0.902 bits per heavy atom. The van der Waals surface area contributed by atoms with Crippen molar-refractivity contribution in [2.24, 2.45) is 0 Å². The minimum Gasteiger partial charge on any atom is -0.497 e. The van der Waals surface area contributed by atoms with Crippen molar-refractivity contribution in [3.05, 3.63) is 83.9 Å². The molecule has 10 heteroatoms. The van der Waals surface area contributed by atoms with Gasteiger partial charge in [0, 0.05) is 12.6 Å². The van der Waals surface area contributed by atoms with Crippen LogP contribution in [-0.4, -0.2) is 58.0 Å². The highest BCUT2D eigenvalue weighted by Gasteiger charge is 2.33. The summed E-state index contributed by atoms with van der Waals surface area (Å²) in [5, 5.41) is 2.93. The minimum atomic E-state index is -4.16. The molecule has 0 aliphatic carbocycles. The van der Waals surface area contributed by atoms with Gasteiger partial charge < -0.3 is 19.7 Å². The van der Waals surface area contributed by atoms with Gasteiger partial charge in [-0.25, -0.2) is 8.42 Å². The Hall–Kier alpha value is -4.05. The van der Waals surface area contributed by atoms with E-state index in [1.807, 2.05) is 26.8 Å². The molecule has 1 N–H and O–H groups in total. The number of hydrogen-bond donors (Lipinski definition) is 1. The van der Waals surface area contributed by atoms with Gasteiger partial charge in [-0.1, -0.05) is 36.8 Å². The Bertz CT molecular complexity index is 1420. The molecule has 2 atom stereocenters. The van der Waals surface area contributed by atoms with Crippen molar-refractivity contribution in [2.45, 2.75) is 57.6 Å². The molecule has 0 spiro atoms. The third kappa shape index (κ3) is 8.00. The minimum absolute atomic E-state index is 0.00795. The monoisotopic (exact) mass is 581 g/mol. The van der Waals surface area contributed by atoms with Crippen molar-refractivity contribution in [2.75, 3.05) is 25.1 Å². The van der Waals surface area contributed by atoms with Gasteiger partial charge in [0.15, 0.2) is 0 Å². The highest BCUT2D eigenvalue weighted by molar-refractivity contribution is 7.92. The number of sulfonamides is 1. The predicted molar refractivity (Wildman–Crippen MR) is 160 cm³/mol.